The molecule has 10 heavy (non-hydrogen) atoms. The summed E-state index contributed by atoms with van der Waals surface area (Å²) in [5, 5.41) is 8.82. The Balaban J connectivity index is 2.71. The standard InChI is InChI=1S/C7H8O3/c1-2-6-5(8)3-4-7(9)10-6/h2-4,6-7,9H,1H2/t6-,7?/m0/s1. The lowest BCUT2D eigenvalue weighted by Crippen LogP contribution is -2.29. The summed E-state index contributed by atoms with van der Waals surface area (Å²) in [5.74, 6) is -0.180. The minimum Gasteiger partial charge on any atom is -0.365 e. The number of ketones is 1. The lowest BCUT2D eigenvalue weighted by atomic mass is 10.2. The van der Waals surface area contributed by atoms with Gasteiger partial charge in [-0.3, -0.25) is 4.79 Å². The third kappa shape index (κ3) is 1.32. The molecule has 0 radical (unpaired) electrons. The Kier molecular flexibility index (Phi) is 1.99. The summed E-state index contributed by atoms with van der Waals surface area (Å²) in [6.45, 7) is 3.38. The maximum Gasteiger partial charge on any atom is 0.188 e. The summed E-state index contributed by atoms with van der Waals surface area (Å²) < 4.78 is 4.75. The maximum absolute atomic E-state index is 10.8. The first-order chi connectivity index (χ1) is 4.74. The molecule has 0 aromatic carbocycles. The lowest BCUT2D eigenvalue weighted by Gasteiger charge is -2.17. The van der Waals surface area contributed by atoms with Crippen LogP contribution in [0, 0.1) is 0 Å². The zero-order valence-electron chi connectivity index (χ0n) is 5.36. The Morgan fingerprint density at radius 3 is 3.00 bits per heavy atom. The van der Waals surface area contributed by atoms with E-state index in [0.717, 1.165) is 0 Å². The van der Waals surface area contributed by atoms with Crippen molar-refractivity contribution in [3.63, 3.8) is 0 Å². The van der Waals surface area contributed by atoms with Gasteiger partial charge >= 0.3 is 0 Å². The van der Waals surface area contributed by atoms with Crippen molar-refractivity contribution in [2.24, 2.45) is 0 Å². The van der Waals surface area contributed by atoms with Gasteiger partial charge in [-0.1, -0.05) is 6.08 Å². The van der Waals surface area contributed by atoms with E-state index in [1.54, 1.807) is 0 Å². The fourth-order valence-corrected chi connectivity index (χ4v) is 0.706. The highest BCUT2D eigenvalue weighted by atomic mass is 16.6. The van der Waals surface area contributed by atoms with E-state index >= 15 is 0 Å². The Labute approximate surface area is 58.6 Å². The third-order valence-corrected chi connectivity index (χ3v) is 1.21. The van der Waals surface area contributed by atoms with Gasteiger partial charge in [-0.15, -0.1) is 6.58 Å². The highest BCUT2D eigenvalue weighted by molar-refractivity contribution is 5.95. The molecule has 3 heteroatoms. The van der Waals surface area contributed by atoms with Gasteiger partial charge in [0, 0.05) is 0 Å². The summed E-state index contributed by atoms with van der Waals surface area (Å²) in [5.41, 5.74) is 0. The number of rotatable bonds is 1. The first-order valence-corrected chi connectivity index (χ1v) is 2.92. The van der Waals surface area contributed by atoms with E-state index in [1.165, 1.54) is 18.2 Å². The average Bonchev–Trinajstić information content (AvgIpc) is 1.94. The number of carbonyl (C=O) groups excluding carboxylic acids is 1. The van der Waals surface area contributed by atoms with Crippen LogP contribution in [-0.2, 0) is 9.53 Å². The van der Waals surface area contributed by atoms with E-state index in [2.05, 4.69) is 6.58 Å². The molecular weight excluding hydrogens is 132 g/mol. The van der Waals surface area contributed by atoms with Crippen molar-refractivity contribution in [2.75, 3.05) is 0 Å². The van der Waals surface area contributed by atoms with Crippen molar-refractivity contribution >= 4 is 5.78 Å². The molecule has 2 atom stereocenters. The van der Waals surface area contributed by atoms with Crippen LogP contribution in [0.1, 0.15) is 0 Å². The van der Waals surface area contributed by atoms with E-state index in [0.29, 0.717) is 0 Å². The van der Waals surface area contributed by atoms with E-state index in [-0.39, 0.29) is 5.78 Å². The van der Waals surface area contributed by atoms with Gasteiger partial charge in [0.05, 0.1) is 0 Å². The summed E-state index contributed by atoms with van der Waals surface area (Å²) >= 11 is 0. The Hall–Kier alpha value is -0.930. The first kappa shape index (κ1) is 7.18. The molecule has 0 aromatic heterocycles. The van der Waals surface area contributed by atoms with Gasteiger partial charge in [0.2, 0.25) is 0 Å². The van der Waals surface area contributed by atoms with Gasteiger partial charge in [0.1, 0.15) is 6.10 Å². The zero-order valence-corrected chi connectivity index (χ0v) is 5.36. The Bertz CT molecular complexity index is 183. The summed E-state index contributed by atoms with van der Waals surface area (Å²) in [6.07, 6.45) is 2.29. The number of aliphatic hydroxyl groups is 1. The van der Waals surface area contributed by atoms with Gasteiger partial charge in [-0.25, -0.2) is 0 Å². The second-order valence-corrected chi connectivity index (χ2v) is 1.94. The number of aliphatic hydroxyl groups excluding tert-OH is 1. The Morgan fingerprint density at radius 2 is 2.50 bits per heavy atom. The van der Waals surface area contributed by atoms with Crippen LogP contribution in [0.2, 0.25) is 0 Å². The molecule has 1 heterocycles. The fraction of sp³-hybridized carbons (Fsp3) is 0.286. The predicted octanol–water partition coefficient (Wildman–Crippen LogP) is 0.0149. The molecule has 0 saturated carbocycles. The van der Waals surface area contributed by atoms with Crippen LogP contribution in [0.4, 0.5) is 0 Å². The molecule has 1 rings (SSSR count). The van der Waals surface area contributed by atoms with E-state index in [9.17, 15) is 4.79 Å². The molecule has 1 N–H and O–H groups in total. The van der Waals surface area contributed by atoms with Crippen LogP contribution < -0.4 is 0 Å². The van der Waals surface area contributed by atoms with Gasteiger partial charge in [0.15, 0.2) is 12.1 Å². The second kappa shape index (κ2) is 2.77. The van der Waals surface area contributed by atoms with Crippen molar-refractivity contribution in [1.82, 2.24) is 0 Å². The highest BCUT2D eigenvalue weighted by Crippen LogP contribution is 2.07. The molecule has 0 saturated heterocycles. The molecule has 0 aromatic rings. The Morgan fingerprint density at radius 1 is 1.80 bits per heavy atom. The molecule has 0 amide bonds. The van der Waals surface area contributed by atoms with Crippen LogP contribution in [0.3, 0.4) is 0 Å². The molecule has 1 unspecified atom stereocenters. The van der Waals surface area contributed by atoms with E-state index in [4.69, 9.17) is 9.84 Å². The van der Waals surface area contributed by atoms with Crippen LogP contribution >= 0.6 is 0 Å². The summed E-state index contributed by atoms with van der Waals surface area (Å²) in [7, 11) is 0. The number of hydrogen-bond donors (Lipinski definition) is 1. The lowest BCUT2D eigenvalue weighted by molar-refractivity contribution is -0.141. The van der Waals surface area contributed by atoms with Crippen molar-refractivity contribution < 1.29 is 14.6 Å². The predicted molar refractivity (Wildman–Crippen MR) is 35.2 cm³/mol. The van der Waals surface area contributed by atoms with Crippen LogP contribution in [-0.4, -0.2) is 23.3 Å². The zero-order chi connectivity index (χ0) is 7.56. The third-order valence-electron chi connectivity index (χ3n) is 1.21. The topological polar surface area (TPSA) is 46.5 Å². The van der Waals surface area contributed by atoms with E-state index < -0.39 is 12.4 Å². The molecule has 0 aliphatic carbocycles. The average molecular weight is 140 g/mol. The molecule has 0 spiro atoms. The molecule has 3 nitrogen and oxygen atoms in total. The fourth-order valence-electron chi connectivity index (χ4n) is 0.706. The molecule has 1 aliphatic heterocycles. The number of ether oxygens (including phenoxy) is 1. The first-order valence-electron chi connectivity index (χ1n) is 2.92. The summed E-state index contributed by atoms with van der Waals surface area (Å²) in [6, 6.07) is 0. The number of carbonyl (C=O) groups is 1. The van der Waals surface area contributed by atoms with Crippen molar-refractivity contribution in [2.45, 2.75) is 12.4 Å². The van der Waals surface area contributed by atoms with Gasteiger partial charge < -0.3 is 9.84 Å². The maximum atomic E-state index is 10.8. The minimum atomic E-state index is -0.972. The van der Waals surface area contributed by atoms with Crippen molar-refractivity contribution in [3.05, 3.63) is 24.8 Å². The van der Waals surface area contributed by atoms with Crippen molar-refractivity contribution in [1.29, 1.82) is 0 Å². The highest BCUT2D eigenvalue weighted by Gasteiger charge is 2.19. The monoisotopic (exact) mass is 140 g/mol. The largest absolute Gasteiger partial charge is 0.365 e. The summed E-state index contributed by atoms with van der Waals surface area (Å²) in [4.78, 5) is 10.8. The molecular formula is C7H8O3. The van der Waals surface area contributed by atoms with Gasteiger partial charge in [-0.2, -0.15) is 0 Å². The minimum absolute atomic E-state index is 0.180. The van der Waals surface area contributed by atoms with Crippen LogP contribution in [0.5, 0.6) is 0 Å². The second-order valence-electron chi connectivity index (χ2n) is 1.94. The molecule has 1 aliphatic rings. The van der Waals surface area contributed by atoms with Gasteiger partial charge in [-0.05, 0) is 12.2 Å². The van der Waals surface area contributed by atoms with E-state index in [1.807, 2.05) is 0 Å². The smallest absolute Gasteiger partial charge is 0.188 e. The van der Waals surface area contributed by atoms with Crippen molar-refractivity contribution in [3.8, 4) is 0 Å². The molecule has 0 fully saturated rings. The SMILES string of the molecule is C=C[C@@H]1OC(O)C=CC1=O. The number of hydrogen-bond acceptors (Lipinski definition) is 3. The van der Waals surface area contributed by atoms with Crippen LogP contribution in [0.25, 0.3) is 0 Å². The molecule has 0 bridgehead atoms. The quantitative estimate of drug-likeness (QED) is 0.522. The van der Waals surface area contributed by atoms with Gasteiger partial charge in [0.25, 0.3) is 0 Å². The van der Waals surface area contributed by atoms with Crippen LogP contribution in [0.15, 0.2) is 24.8 Å². The normalized spacial score (nSPS) is 32.3. The molecule has 54 valence electrons.